The van der Waals surface area contributed by atoms with E-state index >= 15 is 0 Å². The van der Waals surface area contributed by atoms with Crippen molar-refractivity contribution in [1.29, 1.82) is 0 Å². The third-order valence-electron chi connectivity index (χ3n) is 2.27. The van der Waals surface area contributed by atoms with Gasteiger partial charge in [0.05, 0.1) is 12.3 Å². The Morgan fingerprint density at radius 1 is 1.47 bits per heavy atom. The first-order valence-corrected chi connectivity index (χ1v) is 6.32. The van der Waals surface area contributed by atoms with Crippen LogP contribution in [0.2, 0.25) is 0 Å². The van der Waals surface area contributed by atoms with Gasteiger partial charge in [0.2, 0.25) is 0 Å². The lowest BCUT2D eigenvalue weighted by Gasteiger charge is -2.15. The minimum absolute atomic E-state index is 0.184. The van der Waals surface area contributed by atoms with Crippen LogP contribution in [0.3, 0.4) is 0 Å². The van der Waals surface area contributed by atoms with Gasteiger partial charge in [-0.25, -0.2) is 4.98 Å². The van der Waals surface area contributed by atoms with Crippen LogP contribution in [0.15, 0.2) is 9.27 Å². The van der Waals surface area contributed by atoms with Crippen LogP contribution in [-0.4, -0.2) is 23.7 Å². The number of nitrogens with one attached hydrogen (secondary N) is 1. The Labute approximate surface area is 109 Å². The van der Waals surface area contributed by atoms with Gasteiger partial charge >= 0.3 is 0 Å². The van der Waals surface area contributed by atoms with Gasteiger partial charge < -0.3 is 14.5 Å². The molecule has 0 fully saturated rings. The van der Waals surface area contributed by atoms with Crippen LogP contribution in [0.5, 0.6) is 0 Å². The smallest absolute Gasteiger partial charge is 0.265 e. The van der Waals surface area contributed by atoms with E-state index in [0.717, 1.165) is 6.42 Å². The molecule has 5 nitrogen and oxygen atoms in total. The standard InChI is InChI=1S/C11H17BrN2O3/c1-4-8(17-5-2)10-13-7(6-16-3)9(12)11(15)14-10/h8H,4-6H2,1-3H3,(H,13,14,15). The molecule has 0 aromatic carbocycles. The first-order chi connectivity index (χ1) is 8.13. The summed E-state index contributed by atoms with van der Waals surface area (Å²) in [6, 6.07) is 0. The summed E-state index contributed by atoms with van der Waals surface area (Å²) in [4.78, 5) is 18.8. The number of methoxy groups -OCH3 is 1. The predicted molar refractivity (Wildman–Crippen MR) is 67.9 cm³/mol. The van der Waals surface area contributed by atoms with E-state index in [1.165, 1.54) is 0 Å². The summed E-state index contributed by atoms with van der Waals surface area (Å²) in [6.45, 7) is 4.77. The minimum atomic E-state index is -0.208. The molecular weight excluding hydrogens is 288 g/mol. The summed E-state index contributed by atoms with van der Waals surface area (Å²) in [7, 11) is 1.56. The number of ether oxygens (including phenoxy) is 2. The average Bonchev–Trinajstić information content (AvgIpc) is 2.32. The molecule has 1 rings (SSSR count). The maximum atomic E-state index is 11.7. The first kappa shape index (κ1) is 14.3. The highest BCUT2D eigenvalue weighted by Gasteiger charge is 2.15. The largest absolute Gasteiger partial charge is 0.378 e. The summed E-state index contributed by atoms with van der Waals surface area (Å²) >= 11 is 3.20. The van der Waals surface area contributed by atoms with Crippen LogP contribution in [0.4, 0.5) is 0 Å². The van der Waals surface area contributed by atoms with Gasteiger partial charge in [0.25, 0.3) is 5.56 Å². The van der Waals surface area contributed by atoms with E-state index in [9.17, 15) is 4.79 Å². The Balaban J connectivity index is 3.12. The summed E-state index contributed by atoms with van der Waals surface area (Å²) in [6.07, 6.45) is 0.571. The van der Waals surface area contributed by atoms with Crippen molar-refractivity contribution < 1.29 is 9.47 Å². The van der Waals surface area contributed by atoms with E-state index in [2.05, 4.69) is 25.9 Å². The number of rotatable bonds is 6. The molecule has 0 aliphatic carbocycles. The molecule has 0 saturated heterocycles. The molecule has 1 N–H and O–H groups in total. The van der Waals surface area contributed by atoms with Crippen LogP contribution < -0.4 is 5.56 Å². The number of hydrogen-bond acceptors (Lipinski definition) is 4. The Morgan fingerprint density at radius 2 is 2.18 bits per heavy atom. The van der Waals surface area contributed by atoms with Crippen molar-refractivity contribution in [2.75, 3.05) is 13.7 Å². The van der Waals surface area contributed by atoms with Gasteiger partial charge in [-0.2, -0.15) is 0 Å². The zero-order valence-electron chi connectivity index (χ0n) is 10.2. The fraction of sp³-hybridized carbons (Fsp3) is 0.636. The van der Waals surface area contributed by atoms with Gasteiger partial charge in [-0.05, 0) is 29.3 Å². The van der Waals surface area contributed by atoms with E-state index < -0.39 is 0 Å². The molecule has 0 bridgehead atoms. The molecule has 96 valence electrons. The van der Waals surface area contributed by atoms with E-state index in [-0.39, 0.29) is 11.7 Å². The molecule has 0 aliphatic rings. The zero-order chi connectivity index (χ0) is 12.8. The molecule has 1 atom stereocenters. The molecular formula is C11H17BrN2O3. The second-order valence-electron chi connectivity index (χ2n) is 3.50. The van der Waals surface area contributed by atoms with Gasteiger partial charge in [0.1, 0.15) is 16.4 Å². The number of halogens is 1. The first-order valence-electron chi connectivity index (χ1n) is 5.53. The molecule has 1 unspecified atom stereocenters. The lowest BCUT2D eigenvalue weighted by atomic mass is 10.2. The van der Waals surface area contributed by atoms with E-state index in [4.69, 9.17) is 9.47 Å². The minimum Gasteiger partial charge on any atom is -0.378 e. The monoisotopic (exact) mass is 304 g/mol. The molecule has 1 heterocycles. The van der Waals surface area contributed by atoms with Gasteiger partial charge in [0.15, 0.2) is 0 Å². The van der Waals surface area contributed by atoms with Crippen LogP contribution in [0, 0.1) is 0 Å². The van der Waals surface area contributed by atoms with Gasteiger partial charge in [-0.15, -0.1) is 0 Å². The fourth-order valence-corrected chi connectivity index (χ4v) is 1.80. The maximum Gasteiger partial charge on any atom is 0.265 e. The SMILES string of the molecule is CCOC(CC)c1nc(COC)c(Br)c(=O)[nH]1. The topological polar surface area (TPSA) is 64.2 Å². The maximum absolute atomic E-state index is 11.7. The average molecular weight is 305 g/mol. The Bertz CT molecular complexity index is 420. The molecule has 1 aromatic heterocycles. The molecule has 0 aliphatic heterocycles. The highest BCUT2D eigenvalue weighted by atomic mass is 79.9. The molecule has 0 spiro atoms. The number of aromatic amines is 1. The normalized spacial score (nSPS) is 12.7. The van der Waals surface area contributed by atoms with E-state index in [1.54, 1.807) is 7.11 Å². The van der Waals surface area contributed by atoms with Crippen LogP contribution in [-0.2, 0) is 16.1 Å². The molecule has 1 aromatic rings. The Hall–Kier alpha value is -0.720. The Kier molecular flexibility index (Phi) is 5.80. The van der Waals surface area contributed by atoms with Crippen molar-refractivity contribution >= 4 is 15.9 Å². The second-order valence-corrected chi connectivity index (χ2v) is 4.29. The summed E-state index contributed by atoms with van der Waals surface area (Å²) in [5.41, 5.74) is 0.379. The zero-order valence-corrected chi connectivity index (χ0v) is 11.8. The van der Waals surface area contributed by atoms with Crippen molar-refractivity contribution in [1.82, 2.24) is 9.97 Å². The van der Waals surface area contributed by atoms with Crippen molar-refractivity contribution in [3.8, 4) is 0 Å². The highest BCUT2D eigenvalue weighted by Crippen LogP contribution is 2.18. The fourth-order valence-electron chi connectivity index (χ4n) is 1.50. The summed E-state index contributed by atoms with van der Waals surface area (Å²) < 4.78 is 10.9. The van der Waals surface area contributed by atoms with Crippen LogP contribution >= 0.6 is 15.9 Å². The number of H-pyrrole nitrogens is 1. The second kappa shape index (κ2) is 6.88. The Morgan fingerprint density at radius 3 is 2.71 bits per heavy atom. The van der Waals surface area contributed by atoms with Crippen molar-refractivity contribution in [2.45, 2.75) is 33.0 Å². The molecule has 6 heteroatoms. The lowest BCUT2D eigenvalue weighted by molar-refractivity contribution is 0.0527. The van der Waals surface area contributed by atoms with Crippen molar-refractivity contribution in [3.63, 3.8) is 0 Å². The summed E-state index contributed by atoms with van der Waals surface area (Å²) in [5.74, 6) is 0.551. The van der Waals surface area contributed by atoms with Crippen LogP contribution in [0.1, 0.15) is 37.9 Å². The molecule has 0 saturated carbocycles. The van der Waals surface area contributed by atoms with E-state index in [1.807, 2.05) is 13.8 Å². The third-order valence-corrected chi connectivity index (χ3v) is 3.09. The van der Waals surface area contributed by atoms with Crippen molar-refractivity contribution in [2.24, 2.45) is 0 Å². The predicted octanol–water partition coefficient (Wildman–Crippen LogP) is 2.17. The number of hydrogen-bond donors (Lipinski definition) is 1. The lowest BCUT2D eigenvalue weighted by Crippen LogP contribution is -2.19. The van der Waals surface area contributed by atoms with Gasteiger partial charge in [0, 0.05) is 13.7 Å². The third kappa shape index (κ3) is 3.62. The number of nitrogens with zero attached hydrogens (tertiary/aromatic N) is 1. The quantitative estimate of drug-likeness (QED) is 0.875. The summed E-state index contributed by atoms with van der Waals surface area (Å²) in [5, 5.41) is 0. The van der Waals surface area contributed by atoms with Crippen molar-refractivity contribution in [3.05, 3.63) is 26.3 Å². The highest BCUT2D eigenvalue weighted by molar-refractivity contribution is 9.10. The van der Waals surface area contributed by atoms with E-state index in [0.29, 0.717) is 29.2 Å². The molecule has 0 radical (unpaired) electrons. The molecule has 17 heavy (non-hydrogen) atoms. The van der Waals surface area contributed by atoms with Gasteiger partial charge in [-0.1, -0.05) is 6.92 Å². The number of aromatic nitrogens is 2. The van der Waals surface area contributed by atoms with Gasteiger partial charge in [-0.3, -0.25) is 4.79 Å². The van der Waals surface area contributed by atoms with Crippen LogP contribution in [0.25, 0.3) is 0 Å². The molecule has 0 amide bonds.